The molecule has 1 saturated heterocycles. The molecule has 1 aliphatic heterocycles. The predicted molar refractivity (Wildman–Crippen MR) is 90.2 cm³/mol. The summed E-state index contributed by atoms with van der Waals surface area (Å²) in [6.07, 6.45) is 7.52. The van der Waals surface area contributed by atoms with Crippen LogP contribution in [-0.2, 0) is 0 Å². The van der Waals surface area contributed by atoms with Crippen molar-refractivity contribution < 1.29 is 0 Å². The zero-order chi connectivity index (χ0) is 15.1. The molecule has 0 amide bonds. The number of aromatic nitrogens is 2. The fourth-order valence-electron chi connectivity index (χ4n) is 2.99. The Morgan fingerprint density at radius 3 is 2.19 bits per heavy atom. The SMILES string of the molecule is CCCN(CCC)c1cc(C)nc(N2CCCCCC2)n1. The van der Waals surface area contributed by atoms with Crippen molar-refractivity contribution in [3.63, 3.8) is 0 Å². The number of hydrogen-bond donors (Lipinski definition) is 0. The van der Waals surface area contributed by atoms with Gasteiger partial charge in [-0.1, -0.05) is 26.7 Å². The van der Waals surface area contributed by atoms with Gasteiger partial charge in [0.05, 0.1) is 0 Å². The molecule has 2 rings (SSSR count). The Labute approximate surface area is 129 Å². The molecule has 0 saturated carbocycles. The van der Waals surface area contributed by atoms with Crippen molar-refractivity contribution in [3.8, 4) is 0 Å². The van der Waals surface area contributed by atoms with Gasteiger partial charge in [-0.15, -0.1) is 0 Å². The van der Waals surface area contributed by atoms with Gasteiger partial charge in [-0.25, -0.2) is 4.98 Å². The summed E-state index contributed by atoms with van der Waals surface area (Å²) >= 11 is 0. The second kappa shape index (κ2) is 8.20. The number of rotatable bonds is 6. The van der Waals surface area contributed by atoms with Crippen molar-refractivity contribution in [1.82, 2.24) is 9.97 Å². The fraction of sp³-hybridized carbons (Fsp3) is 0.765. The third-order valence-electron chi connectivity index (χ3n) is 4.03. The second-order valence-corrected chi connectivity index (χ2v) is 6.06. The zero-order valence-corrected chi connectivity index (χ0v) is 13.9. The van der Waals surface area contributed by atoms with Crippen LogP contribution in [0, 0.1) is 6.92 Å². The first-order valence-electron chi connectivity index (χ1n) is 8.60. The highest BCUT2D eigenvalue weighted by molar-refractivity contribution is 5.46. The van der Waals surface area contributed by atoms with E-state index in [-0.39, 0.29) is 0 Å². The molecule has 0 spiro atoms. The first-order valence-corrected chi connectivity index (χ1v) is 8.60. The Morgan fingerprint density at radius 2 is 1.62 bits per heavy atom. The Bertz CT molecular complexity index is 399. The van der Waals surface area contributed by atoms with E-state index in [4.69, 9.17) is 4.98 Å². The lowest BCUT2D eigenvalue weighted by atomic mass is 10.2. The van der Waals surface area contributed by atoms with Crippen LogP contribution in [0.3, 0.4) is 0 Å². The van der Waals surface area contributed by atoms with E-state index in [1.165, 1.54) is 25.7 Å². The summed E-state index contributed by atoms with van der Waals surface area (Å²) in [5, 5.41) is 0. The minimum absolute atomic E-state index is 0.934. The molecular weight excluding hydrogens is 260 g/mol. The molecule has 0 aromatic carbocycles. The molecule has 2 heterocycles. The molecule has 1 aromatic heterocycles. The average molecular weight is 290 g/mol. The first-order chi connectivity index (χ1) is 10.2. The van der Waals surface area contributed by atoms with Crippen LogP contribution in [0.15, 0.2) is 6.07 Å². The van der Waals surface area contributed by atoms with Crippen LogP contribution in [0.25, 0.3) is 0 Å². The van der Waals surface area contributed by atoms with Gasteiger partial charge in [-0.2, -0.15) is 4.98 Å². The van der Waals surface area contributed by atoms with E-state index in [1.54, 1.807) is 0 Å². The monoisotopic (exact) mass is 290 g/mol. The summed E-state index contributed by atoms with van der Waals surface area (Å²) < 4.78 is 0. The Balaban J connectivity index is 2.22. The summed E-state index contributed by atoms with van der Waals surface area (Å²) in [6.45, 7) is 10.9. The first kappa shape index (κ1) is 16.1. The van der Waals surface area contributed by atoms with Crippen LogP contribution in [-0.4, -0.2) is 36.1 Å². The highest BCUT2D eigenvalue weighted by Gasteiger charge is 2.15. The number of nitrogens with zero attached hydrogens (tertiary/aromatic N) is 4. The largest absolute Gasteiger partial charge is 0.356 e. The van der Waals surface area contributed by atoms with Gasteiger partial charge in [0.1, 0.15) is 5.82 Å². The van der Waals surface area contributed by atoms with Crippen molar-refractivity contribution in [2.75, 3.05) is 36.0 Å². The molecule has 0 unspecified atom stereocenters. The molecule has 4 nitrogen and oxygen atoms in total. The smallest absolute Gasteiger partial charge is 0.227 e. The van der Waals surface area contributed by atoms with Crippen LogP contribution < -0.4 is 9.80 Å². The Morgan fingerprint density at radius 1 is 1.00 bits per heavy atom. The summed E-state index contributed by atoms with van der Waals surface area (Å²) in [6, 6.07) is 2.13. The normalized spacial score (nSPS) is 15.9. The molecular formula is C17H30N4. The molecule has 118 valence electrons. The van der Waals surface area contributed by atoms with E-state index < -0.39 is 0 Å². The predicted octanol–water partition coefficient (Wildman–Crippen LogP) is 3.79. The van der Waals surface area contributed by atoms with Crippen LogP contribution >= 0.6 is 0 Å². The lowest BCUT2D eigenvalue weighted by Crippen LogP contribution is -2.29. The Hall–Kier alpha value is -1.32. The van der Waals surface area contributed by atoms with E-state index in [2.05, 4.69) is 41.6 Å². The molecule has 0 aliphatic carbocycles. The van der Waals surface area contributed by atoms with Crippen molar-refractivity contribution >= 4 is 11.8 Å². The van der Waals surface area contributed by atoms with Crippen LogP contribution in [0.2, 0.25) is 0 Å². The minimum atomic E-state index is 0.934. The van der Waals surface area contributed by atoms with Gasteiger partial charge >= 0.3 is 0 Å². The van der Waals surface area contributed by atoms with Crippen LogP contribution in [0.1, 0.15) is 58.1 Å². The van der Waals surface area contributed by atoms with E-state index >= 15 is 0 Å². The van der Waals surface area contributed by atoms with Gasteiger partial charge in [0.15, 0.2) is 0 Å². The van der Waals surface area contributed by atoms with Crippen molar-refractivity contribution in [2.24, 2.45) is 0 Å². The van der Waals surface area contributed by atoms with E-state index in [0.29, 0.717) is 0 Å². The number of anilines is 2. The summed E-state index contributed by atoms with van der Waals surface area (Å²) in [5.41, 5.74) is 1.08. The molecule has 0 N–H and O–H groups in total. The van der Waals surface area contributed by atoms with Crippen LogP contribution in [0.4, 0.5) is 11.8 Å². The number of aryl methyl sites for hydroxylation is 1. The third-order valence-corrected chi connectivity index (χ3v) is 4.03. The molecule has 0 atom stereocenters. The lowest BCUT2D eigenvalue weighted by Gasteiger charge is -2.26. The summed E-state index contributed by atoms with van der Waals surface area (Å²) in [7, 11) is 0. The number of hydrogen-bond acceptors (Lipinski definition) is 4. The van der Waals surface area contributed by atoms with Crippen molar-refractivity contribution in [2.45, 2.75) is 59.3 Å². The maximum Gasteiger partial charge on any atom is 0.227 e. The van der Waals surface area contributed by atoms with E-state index in [0.717, 1.165) is 56.5 Å². The second-order valence-electron chi connectivity index (χ2n) is 6.06. The van der Waals surface area contributed by atoms with E-state index in [1.807, 2.05) is 0 Å². The van der Waals surface area contributed by atoms with Gasteiger partial charge < -0.3 is 9.80 Å². The Kier molecular flexibility index (Phi) is 6.27. The average Bonchev–Trinajstić information content (AvgIpc) is 2.75. The zero-order valence-electron chi connectivity index (χ0n) is 13.9. The summed E-state index contributed by atoms with van der Waals surface area (Å²) in [4.78, 5) is 14.3. The standard InChI is InChI=1S/C17H30N4/c1-4-10-20(11-5-2)16-14-15(3)18-17(19-16)21-12-8-6-7-9-13-21/h14H,4-13H2,1-3H3. The molecule has 21 heavy (non-hydrogen) atoms. The highest BCUT2D eigenvalue weighted by atomic mass is 15.3. The maximum atomic E-state index is 4.88. The van der Waals surface area contributed by atoms with Crippen molar-refractivity contribution in [3.05, 3.63) is 11.8 Å². The third kappa shape index (κ3) is 4.58. The lowest BCUT2D eigenvalue weighted by molar-refractivity contribution is 0.719. The topological polar surface area (TPSA) is 32.3 Å². The molecule has 1 aliphatic rings. The van der Waals surface area contributed by atoms with Gasteiger partial charge in [0.25, 0.3) is 0 Å². The molecule has 4 heteroatoms. The molecule has 0 radical (unpaired) electrons. The van der Waals surface area contributed by atoms with Crippen LogP contribution in [0.5, 0.6) is 0 Å². The van der Waals surface area contributed by atoms with Gasteiger partial charge in [0.2, 0.25) is 5.95 Å². The fourth-order valence-corrected chi connectivity index (χ4v) is 2.99. The highest BCUT2D eigenvalue weighted by Crippen LogP contribution is 2.20. The minimum Gasteiger partial charge on any atom is -0.356 e. The van der Waals surface area contributed by atoms with Gasteiger partial charge in [0, 0.05) is 37.9 Å². The maximum absolute atomic E-state index is 4.88. The molecule has 1 fully saturated rings. The van der Waals surface area contributed by atoms with Gasteiger partial charge in [-0.05, 0) is 32.6 Å². The quantitative estimate of drug-likeness (QED) is 0.798. The molecule has 0 bridgehead atoms. The van der Waals surface area contributed by atoms with Crippen molar-refractivity contribution in [1.29, 1.82) is 0 Å². The molecule has 1 aromatic rings. The van der Waals surface area contributed by atoms with E-state index in [9.17, 15) is 0 Å². The summed E-state index contributed by atoms with van der Waals surface area (Å²) in [5.74, 6) is 2.04. The van der Waals surface area contributed by atoms with Gasteiger partial charge in [-0.3, -0.25) is 0 Å².